The molecule has 4 aliphatic rings. The molecule has 3 saturated heterocycles. The average Bonchev–Trinajstić information content (AvgIpc) is 3.80. The second-order valence-electron chi connectivity index (χ2n) is 21.3. The molecule has 2 N–H and O–H groups in total. The number of carbonyl (C=O) groups excluding carboxylic acids is 2. The lowest BCUT2D eigenvalue weighted by Crippen LogP contribution is -2.51. The van der Waals surface area contributed by atoms with Gasteiger partial charge in [0.2, 0.25) is 0 Å². The van der Waals surface area contributed by atoms with Crippen LogP contribution in [0.5, 0.6) is 0 Å². The molecule has 5 aromatic rings. The van der Waals surface area contributed by atoms with Gasteiger partial charge < -0.3 is 24.8 Å². The lowest BCUT2D eigenvalue weighted by molar-refractivity contribution is -0.0436. The molecule has 0 spiro atoms. The van der Waals surface area contributed by atoms with Crippen LogP contribution < -0.4 is 14.9 Å². The second kappa shape index (κ2) is 26.2. The first-order chi connectivity index (χ1) is 38.3. The minimum Gasteiger partial charge on any atom is -0.380 e. The van der Waals surface area contributed by atoms with Crippen LogP contribution in [0.2, 0.25) is 5.02 Å². The van der Waals surface area contributed by atoms with Crippen LogP contribution in [0.1, 0.15) is 65.4 Å². The van der Waals surface area contributed by atoms with Crippen LogP contribution in [-0.2, 0) is 24.6 Å². The molecule has 0 saturated carbocycles. The van der Waals surface area contributed by atoms with Crippen LogP contribution in [0.4, 0.5) is 24.5 Å². The number of hydrogen-bond acceptors (Lipinski definition) is 14. The number of halogens is 4. The van der Waals surface area contributed by atoms with Gasteiger partial charge in [-0.1, -0.05) is 60.5 Å². The number of sulfone groups is 1. The number of benzene rings is 4. The number of piperazine rings is 2. The zero-order chi connectivity index (χ0) is 56.5. The van der Waals surface area contributed by atoms with Crippen molar-refractivity contribution in [3.63, 3.8) is 0 Å². The number of nitrogens with zero attached hydrogens (tertiary/aromatic N) is 6. The van der Waals surface area contributed by atoms with Gasteiger partial charge >= 0.3 is 5.51 Å². The zero-order valence-corrected chi connectivity index (χ0v) is 48.0. The number of ether oxygens (including phenoxy) is 1. The van der Waals surface area contributed by atoms with E-state index in [-0.39, 0.29) is 16.9 Å². The molecule has 1 aliphatic carbocycles. The topological polar surface area (TPSA) is 165 Å². The minimum atomic E-state index is -6.09. The summed E-state index contributed by atoms with van der Waals surface area (Å²) in [7, 11) is -11.0. The average molecular weight is 1180 g/mol. The fourth-order valence-electron chi connectivity index (χ4n) is 11.0. The Morgan fingerprint density at radius 3 is 2.21 bits per heavy atom. The Labute approximate surface area is 476 Å². The van der Waals surface area contributed by atoms with E-state index in [2.05, 4.69) is 49.0 Å². The third kappa shape index (κ3) is 15.1. The zero-order valence-electron chi connectivity index (χ0n) is 44.8. The maximum Gasteiger partial charge on any atom is 0.501 e. The summed E-state index contributed by atoms with van der Waals surface area (Å²) < 4.78 is 104. The number of aromatic nitrogens is 1. The molecule has 3 aliphatic heterocycles. The molecule has 22 heteroatoms. The molecule has 15 nitrogen and oxygen atoms in total. The second-order valence-corrected chi connectivity index (χ2v) is 26.4. The Morgan fingerprint density at radius 2 is 1.51 bits per heavy atom. The summed E-state index contributed by atoms with van der Waals surface area (Å²) in [5.74, 6) is -0.715. The molecular formula is C58H68ClF3N8O7S3. The summed E-state index contributed by atoms with van der Waals surface area (Å²) in [4.78, 5) is 41.0. The van der Waals surface area contributed by atoms with Gasteiger partial charge in [0.25, 0.3) is 31.7 Å². The van der Waals surface area contributed by atoms with Gasteiger partial charge in [0.1, 0.15) is 10.6 Å². The lowest BCUT2D eigenvalue weighted by Gasteiger charge is -2.44. The van der Waals surface area contributed by atoms with Crippen molar-refractivity contribution < 1.29 is 44.3 Å². The summed E-state index contributed by atoms with van der Waals surface area (Å²) >= 11 is 7.78. The highest BCUT2D eigenvalue weighted by Gasteiger charge is 2.49. The number of hydrogen-bond donors (Lipinski definition) is 2. The SMILES string of the molecule is C[C@@]1(CN2CCN(C(=O)c3ccccn3)CC2)CCC(c2ccc(Cl)cc2)=C(CN2CCN(c3ccc(C(=O)NS(=O)(=O)c4ccc(NC(CCN5CCCOCC5)CSc5ccccc5)c(S(=O)(=O)C(F)(F)F)c4)cc3)CC2)C1. The van der Waals surface area contributed by atoms with E-state index in [9.17, 15) is 39.6 Å². The highest BCUT2D eigenvalue weighted by atomic mass is 35.5. The van der Waals surface area contributed by atoms with Crippen LogP contribution >= 0.6 is 23.4 Å². The van der Waals surface area contributed by atoms with E-state index in [0.717, 1.165) is 94.2 Å². The Bertz CT molecular complexity index is 3180. The molecule has 9 rings (SSSR count). The maximum absolute atomic E-state index is 14.3. The van der Waals surface area contributed by atoms with Crippen molar-refractivity contribution in [2.75, 3.05) is 114 Å². The lowest BCUT2D eigenvalue weighted by atomic mass is 9.71. The highest BCUT2D eigenvalue weighted by molar-refractivity contribution is 7.99. The third-order valence-corrected chi connectivity index (χ3v) is 19.7. The predicted molar refractivity (Wildman–Crippen MR) is 307 cm³/mol. The van der Waals surface area contributed by atoms with Crippen molar-refractivity contribution >= 4 is 72.0 Å². The van der Waals surface area contributed by atoms with Crippen LogP contribution in [0.25, 0.3) is 5.57 Å². The van der Waals surface area contributed by atoms with Gasteiger partial charge in [-0.05, 0) is 128 Å². The molecule has 3 fully saturated rings. The van der Waals surface area contributed by atoms with E-state index in [4.69, 9.17) is 16.3 Å². The number of carbonyl (C=O) groups is 2. The fraction of sp³-hybridized carbons (Fsp3) is 0.431. The number of nitrogens with one attached hydrogen (secondary N) is 2. The van der Waals surface area contributed by atoms with Crippen LogP contribution in [0, 0.1) is 5.41 Å². The number of pyridine rings is 1. The Kier molecular flexibility index (Phi) is 19.3. The molecular weight excluding hydrogens is 1110 g/mol. The van der Waals surface area contributed by atoms with Gasteiger partial charge in [0.05, 0.1) is 17.2 Å². The van der Waals surface area contributed by atoms with E-state index in [1.165, 1.54) is 40.6 Å². The first kappa shape index (κ1) is 59.1. The molecule has 4 heterocycles. The van der Waals surface area contributed by atoms with Crippen molar-refractivity contribution in [3.05, 3.63) is 149 Å². The smallest absolute Gasteiger partial charge is 0.380 e. The summed E-state index contributed by atoms with van der Waals surface area (Å²) in [5, 5.41) is 3.70. The first-order valence-corrected chi connectivity index (χ1v) is 31.4. The van der Waals surface area contributed by atoms with E-state index in [1.807, 2.05) is 64.2 Å². The number of rotatable bonds is 19. The summed E-state index contributed by atoms with van der Waals surface area (Å²) in [6.45, 7) is 13.1. The van der Waals surface area contributed by atoms with Gasteiger partial charge in [-0.15, -0.1) is 11.8 Å². The number of amides is 2. The Morgan fingerprint density at radius 1 is 0.800 bits per heavy atom. The number of allylic oxidation sites excluding steroid dienone is 1. The van der Waals surface area contributed by atoms with E-state index >= 15 is 0 Å². The van der Waals surface area contributed by atoms with Crippen molar-refractivity contribution in [2.45, 2.75) is 65.3 Å². The van der Waals surface area contributed by atoms with Crippen molar-refractivity contribution in [2.24, 2.45) is 5.41 Å². The first-order valence-electron chi connectivity index (χ1n) is 27.1. The largest absolute Gasteiger partial charge is 0.501 e. The molecule has 428 valence electrons. The van der Waals surface area contributed by atoms with Crippen LogP contribution in [0.3, 0.4) is 0 Å². The third-order valence-electron chi connectivity index (χ3n) is 15.4. The van der Waals surface area contributed by atoms with Gasteiger partial charge in [-0.2, -0.15) is 13.2 Å². The van der Waals surface area contributed by atoms with E-state index < -0.39 is 52.8 Å². The maximum atomic E-state index is 14.3. The van der Waals surface area contributed by atoms with E-state index in [0.29, 0.717) is 81.4 Å². The fourth-order valence-corrected chi connectivity index (χ4v) is 14.2. The number of anilines is 2. The van der Waals surface area contributed by atoms with Crippen LogP contribution in [-0.4, -0.2) is 169 Å². The van der Waals surface area contributed by atoms with E-state index in [1.54, 1.807) is 24.4 Å². The van der Waals surface area contributed by atoms with Crippen molar-refractivity contribution in [1.82, 2.24) is 29.3 Å². The van der Waals surface area contributed by atoms with Crippen molar-refractivity contribution in [3.8, 4) is 0 Å². The quantitative estimate of drug-likeness (QED) is 0.0753. The molecule has 0 bridgehead atoms. The number of alkyl halides is 3. The Balaban J connectivity index is 0.829. The predicted octanol–water partition coefficient (Wildman–Crippen LogP) is 9.06. The van der Waals surface area contributed by atoms with Gasteiger partial charge in [0, 0.05) is 131 Å². The van der Waals surface area contributed by atoms with Gasteiger partial charge in [0.15, 0.2) is 0 Å². The number of thioether (sulfide) groups is 1. The number of sulfonamides is 1. The van der Waals surface area contributed by atoms with Crippen LogP contribution in [0.15, 0.2) is 142 Å². The molecule has 1 aromatic heterocycles. The van der Waals surface area contributed by atoms with Crippen molar-refractivity contribution in [1.29, 1.82) is 0 Å². The standard InChI is InChI=1S/C58H68ClF3N8O7S3/c1-57(42-68-29-33-70(34-30-68)56(72)53-10-5-6-24-63-53)23-21-51(43-11-15-46(59)16-12-43)45(39-57)40-67-27-31-69(32-28-67)48-17-13-44(14-18-48)55(71)65-80(75,76)50-19-20-52(54(38-50)79(73,74)58(60,61)62)64-47(41-78-49-8-3-2-4-9-49)22-26-66-25-7-36-77-37-35-66/h2-6,8-20,24,38,47,64H,7,21-23,25-37,39-42H2,1H3,(H,65,71)/t47?,57-/m1/s1. The molecule has 80 heavy (non-hydrogen) atoms. The summed E-state index contributed by atoms with van der Waals surface area (Å²) in [6, 6.07) is 31.2. The molecule has 0 radical (unpaired) electrons. The normalized spacial score (nSPS) is 19.8. The summed E-state index contributed by atoms with van der Waals surface area (Å²) in [6.07, 6.45) is 5.79. The highest BCUT2D eigenvalue weighted by Crippen LogP contribution is 2.44. The molecule has 1 unspecified atom stereocenters. The Hall–Kier alpha value is -5.52. The van der Waals surface area contributed by atoms with Gasteiger partial charge in [-0.3, -0.25) is 24.4 Å². The molecule has 2 atom stereocenters. The minimum absolute atomic E-state index is 0.0195. The summed E-state index contributed by atoms with van der Waals surface area (Å²) in [5.41, 5.74) is -0.931. The molecule has 2 amide bonds. The van der Waals surface area contributed by atoms with Gasteiger partial charge in [-0.25, -0.2) is 21.6 Å². The monoisotopic (exact) mass is 1180 g/mol. The molecule has 4 aromatic carbocycles.